The number of carbonyl (C=O) groups excluding carboxylic acids is 1. The number of hydrogen-bond acceptors (Lipinski definition) is 3. The van der Waals surface area contributed by atoms with Crippen molar-refractivity contribution < 1.29 is 9.21 Å². The molecule has 1 aliphatic rings. The maximum absolute atomic E-state index is 12.5. The van der Waals surface area contributed by atoms with Gasteiger partial charge in [-0.2, -0.15) is 0 Å². The minimum absolute atomic E-state index is 0.115. The molecule has 1 atom stereocenters. The molecule has 4 heteroatoms. The predicted octanol–water partition coefficient (Wildman–Crippen LogP) is 2.86. The Kier molecular flexibility index (Phi) is 3.22. The smallest absolute Gasteiger partial charge is 0.206 e. The molecule has 1 aromatic heterocycles. The molecule has 0 aliphatic carbocycles. The van der Waals surface area contributed by atoms with Gasteiger partial charge in [-0.3, -0.25) is 4.79 Å². The van der Waals surface area contributed by atoms with Crippen LogP contribution in [0.4, 0.5) is 0 Å². The van der Waals surface area contributed by atoms with E-state index in [-0.39, 0.29) is 11.2 Å². The van der Waals surface area contributed by atoms with E-state index in [0.29, 0.717) is 11.7 Å². The molecule has 2 rings (SSSR count). The van der Waals surface area contributed by atoms with Gasteiger partial charge in [-0.25, -0.2) is 0 Å². The van der Waals surface area contributed by atoms with E-state index in [1.165, 1.54) is 0 Å². The first kappa shape index (κ1) is 11.9. The average Bonchev–Trinajstić information content (AvgIpc) is 2.85. The maximum atomic E-state index is 12.5. The molecule has 16 heavy (non-hydrogen) atoms. The second kappa shape index (κ2) is 4.34. The molecule has 1 unspecified atom stereocenters. The number of carbonyl (C=O) groups is 1. The van der Waals surface area contributed by atoms with Gasteiger partial charge in [0, 0.05) is 6.54 Å². The Morgan fingerprint density at radius 2 is 2.38 bits per heavy atom. The average molecular weight is 286 g/mol. The van der Waals surface area contributed by atoms with E-state index in [1.807, 2.05) is 0 Å². The van der Waals surface area contributed by atoms with E-state index >= 15 is 0 Å². The van der Waals surface area contributed by atoms with E-state index in [2.05, 4.69) is 35.1 Å². The second-order valence-electron chi connectivity index (χ2n) is 4.66. The van der Waals surface area contributed by atoms with E-state index in [4.69, 9.17) is 4.42 Å². The lowest BCUT2D eigenvalue weighted by molar-refractivity contribution is 0.0707. The molecule has 0 aromatic carbocycles. The molecule has 1 fully saturated rings. The predicted molar refractivity (Wildman–Crippen MR) is 65.5 cm³/mol. The highest BCUT2D eigenvalue weighted by molar-refractivity contribution is 9.10. The quantitative estimate of drug-likeness (QED) is 0.869. The molecule has 2 heterocycles. The zero-order valence-corrected chi connectivity index (χ0v) is 11.1. The van der Waals surface area contributed by atoms with Crippen molar-refractivity contribution in [2.75, 3.05) is 13.1 Å². The SMILES string of the molecule is CC(C)C1(C(=O)c2occc2Br)CCNC1. The van der Waals surface area contributed by atoms with Gasteiger partial charge in [-0.15, -0.1) is 0 Å². The van der Waals surface area contributed by atoms with Gasteiger partial charge in [-0.1, -0.05) is 13.8 Å². The molecule has 0 bridgehead atoms. The summed E-state index contributed by atoms with van der Waals surface area (Å²) in [6.07, 6.45) is 2.43. The fourth-order valence-corrected chi connectivity index (χ4v) is 2.72. The Hall–Kier alpha value is -0.610. The molecule has 1 aliphatic heterocycles. The van der Waals surface area contributed by atoms with Crippen molar-refractivity contribution in [3.05, 3.63) is 22.6 Å². The summed E-state index contributed by atoms with van der Waals surface area (Å²) in [7, 11) is 0. The van der Waals surface area contributed by atoms with E-state index in [9.17, 15) is 4.79 Å². The molecular formula is C12H16BrNO2. The molecule has 88 valence electrons. The van der Waals surface area contributed by atoms with Crippen LogP contribution in [-0.4, -0.2) is 18.9 Å². The standard InChI is InChI=1S/C12H16BrNO2/c1-8(2)12(4-5-14-7-12)11(15)10-9(13)3-6-16-10/h3,6,8,14H,4-5,7H2,1-2H3. The number of halogens is 1. The Morgan fingerprint density at radius 1 is 1.62 bits per heavy atom. The molecule has 1 saturated heterocycles. The summed E-state index contributed by atoms with van der Waals surface area (Å²) < 4.78 is 6.04. The van der Waals surface area contributed by atoms with Crippen LogP contribution in [0.2, 0.25) is 0 Å². The topological polar surface area (TPSA) is 42.2 Å². The summed E-state index contributed by atoms with van der Waals surface area (Å²) >= 11 is 3.35. The number of furan rings is 1. The molecule has 1 aromatic rings. The molecule has 1 N–H and O–H groups in total. The zero-order valence-electron chi connectivity index (χ0n) is 9.55. The summed E-state index contributed by atoms with van der Waals surface area (Å²) in [6.45, 7) is 5.85. The van der Waals surface area contributed by atoms with Crippen LogP contribution in [0.5, 0.6) is 0 Å². The lowest BCUT2D eigenvalue weighted by Crippen LogP contribution is -2.38. The Balaban J connectivity index is 2.35. The van der Waals surface area contributed by atoms with Gasteiger partial charge in [0.15, 0.2) is 5.76 Å². The van der Waals surface area contributed by atoms with E-state index < -0.39 is 0 Å². The fourth-order valence-electron chi connectivity index (χ4n) is 2.34. The zero-order chi connectivity index (χ0) is 11.8. The van der Waals surface area contributed by atoms with Crippen LogP contribution in [-0.2, 0) is 0 Å². The highest BCUT2D eigenvalue weighted by Gasteiger charge is 2.45. The van der Waals surface area contributed by atoms with Crippen molar-refractivity contribution in [3.63, 3.8) is 0 Å². The second-order valence-corrected chi connectivity index (χ2v) is 5.52. The number of hydrogen-bond donors (Lipinski definition) is 1. The van der Waals surface area contributed by atoms with Crippen LogP contribution >= 0.6 is 15.9 Å². The minimum atomic E-state index is -0.305. The monoisotopic (exact) mass is 285 g/mol. The van der Waals surface area contributed by atoms with Gasteiger partial charge < -0.3 is 9.73 Å². The first-order valence-electron chi connectivity index (χ1n) is 5.56. The molecule has 0 spiro atoms. The van der Waals surface area contributed by atoms with Crippen molar-refractivity contribution in [3.8, 4) is 0 Å². The molecule has 0 amide bonds. The first-order chi connectivity index (χ1) is 7.58. The van der Waals surface area contributed by atoms with Gasteiger partial charge in [0.05, 0.1) is 16.2 Å². The van der Waals surface area contributed by atoms with Gasteiger partial charge in [0.1, 0.15) is 0 Å². The molecular weight excluding hydrogens is 270 g/mol. The van der Waals surface area contributed by atoms with Crippen molar-refractivity contribution in [2.24, 2.45) is 11.3 Å². The molecule has 0 saturated carbocycles. The van der Waals surface area contributed by atoms with E-state index in [0.717, 1.165) is 24.0 Å². The third kappa shape index (κ3) is 1.74. The Bertz CT molecular complexity index is 391. The van der Waals surface area contributed by atoms with Gasteiger partial charge in [0.25, 0.3) is 0 Å². The highest BCUT2D eigenvalue weighted by atomic mass is 79.9. The van der Waals surface area contributed by atoms with E-state index in [1.54, 1.807) is 12.3 Å². The fraction of sp³-hybridized carbons (Fsp3) is 0.583. The van der Waals surface area contributed by atoms with Crippen LogP contribution in [0.1, 0.15) is 30.8 Å². The normalized spacial score (nSPS) is 25.2. The lowest BCUT2D eigenvalue weighted by atomic mass is 9.72. The molecule has 3 nitrogen and oxygen atoms in total. The largest absolute Gasteiger partial charge is 0.460 e. The minimum Gasteiger partial charge on any atom is -0.460 e. The Morgan fingerprint density at radius 3 is 2.81 bits per heavy atom. The lowest BCUT2D eigenvalue weighted by Gasteiger charge is -2.30. The number of nitrogens with one attached hydrogen (secondary N) is 1. The van der Waals surface area contributed by atoms with Crippen LogP contribution in [0, 0.1) is 11.3 Å². The summed E-state index contributed by atoms with van der Waals surface area (Å²) in [5.74, 6) is 0.883. The van der Waals surface area contributed by atoms with Crippen LogP contribution in [0.15, 0.2) is 21.2 Å². The van der Waals surface area contributed by atoms with Gasteiger partial charge in [-0.05, 0) is 40.9 Å². The summed E-state index contributed by atoms with van der Waals surface area (Å²) in [5.41, 5.74) is -0.305. The summed E-state index contributed by atoms with van der Waals surface area (Å²) in [5, 5.41) is 3.28. The van der Waals surface area contributed by atoms with Crippen LogP contribution < -0.4 is 5.32 Å². The number of rotatable bonds is 3. The molecule has 0 radical (unpaired) electrons. The van der Waals surface area contributed by atoms with Crippen molar-refractivity contribution >= 4 is 21.7 Å². The van der Waals surface area contributed by atoms with Gasteiger partial charge in [0.2, 0.25) is 5.78 Å². The highest BCUT2D eigenvalue weighted by Crippen LogP contribution is 2.39. The number of Topliss-reactive ketones (excluding diaryl/α,β-unsaturated/α-hetero) is 1. The van der Waals surface area contributed by atoms with Crippen LogP contribution in [0.25, 0.3) is 0 Å². The summed E-state index contributed by atoms with van der Waals surface area (Å²) in [6, 6.07) is 1.77. The number of ketones is 1. The Labute approximate surface area is 104 Å². The first-order valence-corrected chi connectivity index (χ1v) is 6.36. The van der Waals surface area contributed by atoms with Crippen LogP contribution in [0.3, 0.4) is 0 Å². The summed E-state index contributed by atoms with van der Waals surface area (Å²) in [4.78, 5) is 12.5. The van der Waals surface area contributed by atoms with Crippen molar-refractivity contribution in [1.29, 1.82) is 0 Å². The maximum Gasteiger partial charge on any atom is 0.206 e. The van der Waals surface area contributed by atoms with Crippen molar-refractivity contribution in [2.45, 2.75) is 20.3 Å². The van der Waals surface area contributed by atoms with Gasteiger partial charge >= 0.3 is 0 Å². The third-order valence-corrected chi connectivity index (χ3v) is 4.19. The third-order valence-electron chi connectivity index (χ3n) is 3.57. The van der Waals surface area contributed by atoms with Crippen molar-refractivity contribution in [1.82, 2.24) is 5.32 Å².